The number of primary amides is 1. The lowest BCUT2D eigenvalue weighted by molar-refractivity contribution is -0.119. The fourth-order valence-electron chi connectivity index (χ4n) is 2.40. The molecule has 0 saturated carbocycles. The summed E-state index contributed by atoms with van der Waals surface area (Å²) >= 11 is 0. The molecule has 0 aliphatic rings. The van der Waals surface area contributed by atoms with Gasteiger partial charge in [0.15, 0.2) is 0 Å². The quantitative estimate of drug-likeness (QED) is 0.861. The number of nitrogens with two attached hydrogens (primary N) is 2. The maximum Gasteiger partial charge on any atom is 0.219 e. The SMILES string of the molecule is Cc1cccc2c1nc(N)n2C(C)(C)CC(N)=O. The van der Waals surface area contributed by atoms with E-state index in [4.69, 9.17) is 11.5 Å². The zero-order valence-corrected chi connectivity index (χ0v) is 10.9. The first-order valence-electron chi connectivity index (χ1n) is 5.85. The van der Waals surface area contributed by atoms with E-state index in [9.17, 15) is 4.79 Å². The van der Waals surface area contributed by atoms with Gasteiger partial charge >= 0.3 is 0 Å². The van der Waals surface area contributed by atoms with Crippen molar-refractivity contribution in [1.82, 2.24) is 9.55 Å². The average Bonchev–Trinajstić information content (AvgIpc) is 2.54. The Labute approximate surface area is 106 Å². The van der Waals surface area contributed by atoms with Gasteiger partial charge in [0, 0.05) is 6.42 Å². The number of rotatable bonds is 3. The van der Waals surface area contributed by atoms with Gasteiger partial charge in [0.2, 0.25) is 11.9 Å². The van der Waals surface area contributed by atoms with Crippen LogP contribution in [0, 0.1) is 6.92 Å². The van der Waals surface area contributed by atoms with E-state index in [-0.39, 0.29) is 12.3 Å². The lowest BCUT2D eigenvalue weighted by Crippen LogP contribution is -2.33. The number of hydrogen-bond donors (Lipinski definition) is 2. The number of amides is 1. The molecule has 1 heterocycles. The van der Waals surface area contributed by atoms with Crippen molar-refractivity contribution in [1.29, 1.82) is 0 Å². The smallest absolute Gasteiger partial charge is 0.219 e. The molecule has 5 nitrogen and oxygen atoms in total. The number of carbonyl (C=O) groups excluding carboxylic acids is 1. The molecule has 0 radical (unpaired) electrons. The number of para-hydroxylation sites is 1. The summed E-state index contributed by atoms with van der Waals surface area (Å²) in [7, 11) is 0. The molecule has 0 fully saturated rings. The van der Waals surface area contributed by atoms with E-state index >= 15 is 0 Å². The Morgan fingerprint density at radius 3 is 2.72 bits per heavy atom. The van der Waals surface area contributed by atoms with E-state index in [0.717, 1.165) is 16.6 Å². The number of anilines is 1. The molecule has 5 heteroatoms. The highest BCUT2D eigenvalue weighted by Crippen LogP contribution is 2.30. The number of imidazole rings is 1. The van der Waals surface area contributed by atoms with Crippen LogP contribution in [0.2, 0.25) is 0 Å². The summed E-state index contributed by atoms with van der Waals surface area (Å²) in [6, 6.07) is 5.89. The Balaban J connectivity index is 2.67. The molecule has 2 aromatic rings. The topological polar surface area (TPSA) is 86.9 Å². The molecule has 0 aliphatic heterocycles. The first-order valence-corrected chi connectivity index (χ1v) is 5.85. The first-order chi connectivity index (χ1) is 8.33. The van der Waals surface area contributed by atoms with Crippen molar-refractivity contribution in [3.05, 3.63) is 23.8 Å². The van der Waals surface area contributed by atoms with Crippen molar-refractivity contribution in [3.8, 4) is 0 Å². The van der Waals surface area contributed by atoms with E-state index in [2.05, 4.69) is 4.98 Å². The Hall–Kier alpha value is -2.04. The van der Waals surface area contributed by atoms with Crippen LogP contribution >= 0.6 is 0 Å². The molecule has 1 aromatic heterocycles. The van der Waals surface area contributed by atoms with Gasteiger partial charge in [0.05, 0.1) is 16.6 Å². The van der Waals surface area contributed by atoms with Gasteiger partial charge in [-0.05, 0) is 32.4 Å². The Morgan fingerprint density at radius 1 is 1.44 bits per heavy atom. The van der Waals surface area contributed by atoms with Gasteiger partial charge in [0.25, 0.3) is 0 Å². The molecule has 4 N–H and O–H groups in total. The highest BCUT2D eigenvalue weighted by atomic mass is 16.1. The zero-order chi connectivity index (χ0) is 13.5. The third-order valence-corrected chi connectivity index (χ3v) is 3.12. The summed E-state index contributed by atoms with van der Waals surface area (Å²) in [5.41, 5.74) is 13.7. The standard InChI is InChI=1S/C13H18N4O/c1-8-5-4-6-9-11(8)16-12(15)17(9)13(2,3)7-10(14)18/h4-6H,7H2,1-3H3,(H2,14,18)(H2,15,16). The second kappa shape index (κ2) is 4.01. The van der Waals surface area contributed by atoms with Gasteiger partial charge in [-0.1, -0.05) is 12.1 Å². The van der Waals surface area contributed by atoms with Gasteiger partial charge in [-0.25, -0.2) is 4.98 Å². The molecular weight excluding hydrogens is 228 g/mol. The molecule has 96 valence electrons. The van der Waals surface area contributed by atoms with E-state index < -0.39 is 5.54 Å². The number of fused-ring (bicyclic) bond motifs is 1. The minimum atomic E-state index is -0.488. The molecule has 2 rings (SSSR count). The highest BCUT2D eigenvalue weighted by molar-refractivity contribution is 5.82. The third kappa shape index (κ3) is 1.92. The van der Waals surface area contributed by atoms with Crippen LogP contribution in [0.5, 0.6) is 0 Å². The normalized spacial score (nSPS) is 11.9. The lowest BCUT2D eigenvalue weighted by Gasteiger charge is -2.27. The largest absolute Gasteiger partial charge is 0.370 e. The van der Waals surface area contributed by atoms with Crippen molar-refractivity contribution in [3.63, 3.8) is 0 Å². The van der Waals surface area contributed by atoms with E-state index in [1.165, 1.54) is 0 Å². The maximum absolute atomic E-state index is 11.2. The molecule has 0 atom stereocenters. The summed E-state index contributed by atoms with van der Waals surface area (Å²) in [5.74, 6) is 0.0550. The molecule has 0 spiro atoms. The molecule has 1 aromatic carbocycles. The van der Waals surface area contributed by atoms with Gasteiger partial charge < -0.3 is 16.0 Å². The zero-order valence-electron chi connectivity index (χ0n) is 10.9. The second-order valence-electron chi connectivity index (χ2n) is 5.20. The predicted octanol–water partition coefficient (Wildman–Crippen LogP) is 1.54. The highest BCUT2D eigenvalue weighted by Gasteiger charge is 2.27. The van der Waals surface area contributed by atoms with Gasteiger partial charge in [0.1, 0.15) is 0 Å². The van der Waals surface area contributed by atoms with Crippen molar-refractivity contribution in [2.24, 2.45) is 5.73 Å². The number of hydrogen-bond acceptors (Lipinski definition) is 3. The van der Waals surface area contributed by atoms with Crippen LogP contribution in [-0.4, -0.2) is 15.5 Å². The van der Waals surface area contributed by atoms with Crippen LogP contribution in [0.3, 0.4) is 0 Å². The minimum absolute atomic E-state index is 0.219. The van der Waals surface area contributed by atoms with Gasteiger partial charge in [-0.15, -0.1) is 0 Å². The second-order valence-corrected chi connectivity index (χ2v) is 5.20. The number of aromatic nitrogens is 2. The van der Waals surface area contributed by atoms with Crippen molar-refractivity contribution >= 4 is 22.9 Å². The minimum Gasteiger partial charge on any atom is -0.370 e. The fraction of sp³-hybridized carbons (Fsp3) is 0.385. The summed E-state index contributed by atoms with van der Waals surface area (Å²) in [4.78, 5) is 15.5. The molecule has 1 amide bonds. The van der Waals surface area contributed by atoms with Crippen LogP contribution in [0.25, 0.3) is 11.0 Å². The first kappa shape index (κ1) is 12.4. The summed E-state index contributed by atoms with van der Waals surface area (Å²) < 4.78 is 1.88. The van der Waals surface area contributed by atoms with Crippen LogP contribution in [0.4, 0.5) is 5.95 Å². The van der Waals surface area contributed by atoms with Crippen LogP contribution in [0.15, 0.2) is 18.2 Å². The Morgan fingerprint density at radius 2 is 2.11 bits per heavy atom. The lowest BCUT2D eigenvalue weighted by atomic mass is 9.99. The fourth-order valence-corrected chi connectivity index (χ4v) is 2.40. The molecule has 0 unspecified atom stereocenters. The van der Waals surface area contributed by atoms with Crippen LogP contribution in [0.1, 0.15) is 25.8 Å². The average molecular weight is 246 g/mol. The third-order valence-electron chi connectivity index (χ3n) is 3.12. The number of aryl methyl sites for hydroxylation is 1. The van der Waals surface area contributed by atoms with E-state index in [1.807, 2.05) is 43.5 Å². The number of nitrogens with zero attached hydrogens (tertiary/aromatic N) is 2. The van der Waals surface area contributed by atoms with E-state index in [0.29, 0.717) is 5.95 Å². The molecule has 0 saturated heterocycles. The summed E-state index contributed by atoms with van der Waals surface area (Å²) in [6.45, 7) is 5.84. The van der Waals surface area contributed by atoms with Gasteiger partial charge in [-0.2, -0.15) is 0 Å². The van der Waals surface area contributed by atoms with E-state index in [1.54, 1.807) is 0 Å². The summed E-state index contributed by atoms with van der Waals surface area (Å²) in [5, 5.41) is 0. The monoisotopic (exact) mass is 246 g/mol. The summed E-state index contributed by atoms with van der Waals surface area (Å²) in [6.07, 6.45) is 0.219. The van der Waals surface area contributed by atoms with Crippen LogP contribution < -0.4 is 11.5 Å². The van der Waals surface area contributed by atoms with Gasteiger partial charge in [-0.3, -0.25) is 4.79 Å². The predicted molar refractivity (Wildman–Crippen MR) is 72.0 cm³/mol. The number of carbonyl (C=O) groups is 1. The molecule has 0 bridgehead atoms. The maximum atomic E-state index is 11.2. The molecular formula is C13H18N4O. The van der Waals surface area contributed by atoms with Crippen molar-refractivity contribution in [2.75, 3.05) is 5.73 Å². The Bertz CT molecular complexity index is 613. The van der Waals surface area contributed by atoms with Crippen molar-refractivity contribution < 1.29 is 4.79 Å². The van der Waals surface area contributed by atoms with Crippen molar-refractivity contribution in [2.45, 2.75) is 32.7 Å². The molecule has 0 aliphatic carbocycles. The van der Waals surface area contributed by atoms with Crippen LogP contribution in [-0.2, 0) is 10.3 Å². The number of benzene rings is 1. The Kier molecular flexibility index (Phi) is 2.77. The molecule has 18 heavy (non-hydrogen) atoms. The number of nitrogen functional groups attached to an aromatic ring is 1.